The van der Waals surface area contributed by atoms with Gasteiger partial charge in [-0.25, -0.2) is 0 Å². The second-order valence-electron chi connectivity index (χ2n) is 5.65. The van der Waals surface area contributed by atoms with Crippen LogP contribution in [-0.4, -0.2) is 30.7 Å². The van der Waals surface area contributed by atoms with Gasteiger partial charge >= 0.3 is 51.4 Å². The molecule has 104 valence electrons. The topological polar surface area (TPSA) is 0 Å². The van der Waals surface area contributed by atoms with Gasteiger partial charge < -0.3 is 4.48 Å². The molecule has 0 saturated heterocycles. The van der Waals surface area contributed by atoms with Crippen LogP contribution >= 0.6 is 0 Å². The van der Waals surface area contributed by atoms with Gasteiger partial charge in [-0.2, -0.15) is 0 Å². The average Bonchev–Trinajstić information content (AvgIpc) is 2.37. The Morgan fingerprint density at radius 1 is 0.500 bits per heavy atom. The summed E-state index contributed by atoms with van der Waals surface area (Å²) in [4.78, 5) is 0. The first-order valence-corrected chi connectivity index (χ1v) is 8.09. The van der Waals surface area contributed by atoms with Crippen LogP contribution in [0.25, 0.3) is 0 Å². The fourth-order valence-corrected chi connectivity index (χ4v) is 2.64. The molecule has 0 aliphatic heterocycles. The minimum Gasteiger partial charge on any atom is -0.324 e. The van der Waals surface area contributed by atoms with E-state index in [1.807, 2.05) is 0 Å². The van der Waals surface area contributed by atoms with Crippen LogP contribution in [0.2, 0.25) is 0 Å². The van der Waals surface area contributed by atoms with Gasteiger partial charge in [0.15, 0.2) is 0 Å². The molecule has 0 unspecified atom stereocenters. The third-order valence-corrected chi connectivity index (χ3v) is 3.94. The van der Waals surface area contributed by atoms with Gasteiger partial charge in [-0.1, -0.05) is 53.4 Å². The Morgan fingerprint density at radius 3 is 0.889 bits per heavy atom. The summed E-state index contributed by atoms with van der Waals surface area (Å²) in [5.74, 6) is 0. The molecule has 18 heavy (non-hydrogen) atoms. The first-order valence-electron chi connectivity index (χ1n) is 8.09. The van der Waals surface area contributed by atoms with Crippen LogP contribution in [0.15, 0.2) is 0 Å². The van der Waals surface area contributed by atoms with E-state index >= 15 is 0 Å². The van der Waals surface area contributed by atoms with Crippen molar-refractivity contribution in [1.82, 2.24) is 0 Å². The molecule has 0 fully saturated rings. The van der Waals surface area contributed by atoms with Gasteiger partial charge in [-0.15, -0.1) is 0 Å². The zero-order valence-electron chi connectivity index (χ0n) is 13.9. The van der Waals surface area contributed by atoms with Crippen LogP contribution in [0.5, 0.6) is 0 Å². The molecule has 0 spiro atoms. The van der Waals surface area contributed by atoms with E-state index in [9.17, 15) is 0 Å². The number of rotatable bonds is 12. The van der Waals surface area contributed by atoms with Crippen molar-refractivity contribution in [2.45, 2.75) is 79.1 Å². The van der Waals surface area contributed by atoms with Crippen molar-refractivity contribution < 1.29 is 55.9 Å². The van der Waals surface area contributed by atoms with Crippen molar-refractivity contribution in [2.75, 3.05) is 26.2 Å². The molecule has 0 saturated carbocycles. The number of nitrogens with zero attached hydrogens (tertiary/aromatic N) is 1. The molecule has 2 heteroatoms. The van der Waals surface area contributed by atoms with Gasteiger partial charge in [0.25, 0.3) is 0 Å². The van der Waals surface area contributed by atoms with Gasteiger partial charge in [0, 0.05) is 0 Å². The van der Waals surface area contributed by atoms with Crippen molar-refractivity contribution in [3.05, 3.63) is 0 Å². The van der Waals surface area contributed by atoms with Gasteiger partial charge in [0.1, 0.15) is 0 Å². The molecular formula is C16H36KN+2. The smallest absolute Gasteiger partial charge is 0.324 e. The molecule has 0 atom stereocenters. The minimum absolute atomic E-state index is 0. The average molecular weight is 282 g/mol. The Labute approximate surface area is 159 Å². The summed E-state index contributed by atoms with van der Waals surface area (Å²) in [5.41, 5.74) is 0. The van der Waals surface area contributed by atoms with Crippen LogP contribution in [0.4, 0.5) is 0 Å². The van der Waals surface area contributed by atoms with Crippen LogP contribution < -0.4 is 51.4 Å². The second-order valence-corrected chi connectivity index (χ2v) is 5.65. The summed E-state index contributed by atoms with van der Waals surface area (Å²) < 4.78 is 1.42. The van der Waals surface area contributed by atoms with Crippen molar-refractivity contribution in [1.29, 1.82) is 0 Å². The monoisotopic (exact) mass is 281 g/mol. The summed E-state index contributed by atoms with van der Waals surface area (Å²) in [7, 11) is 0. The zero-order valence-corrected chi connectivity index (χ0v) is 17.1. The third kappa shape index (κ3) is 10.4. The molecule has 0 radical (unpaired) electrons. The van der Waals surface area contributed by atoms with Crippen LogP contribution in [0, 0.1) is 0 Å². The van der Waals surface area contributed by atoms with E-state index in [1.54, 1.807) is 0 Å². The summed E-state index contributed by atoms with van der Waals surface area (Å²) in [6, 6.07) is 0. The largest absolute Gasteiger partial charge is 1.00 e. The minimum atomic E-state index is 0. The summed E-state index contributed by atoms with van der Waals surface area (Å²) in [6.45, 7) is 15.0. The molecule has 0 heterocycles. The van der Waals surface area contributed by atoms with Crippen molar-refractivity contribution in [3.63, 3.8) is 0 Å². The fraction of sp³-hybridized carbons (Fsp3) is 1.00. The third-order valence-electron chi connectivity index (χ3n) is 3.94. The zero-order chi connectivity index (χ0) is 13.0. The van der Waals surface area contributed by atoms with Gasteiger partial charge in [0.2, 0.25) is 0 Å². The number of hydrogen-bond donors (Lipinski definition) is 0. The molecule has 0 rings (SSSR count). The Bertz CT molecular complexity index is 122. The van der Waals surface area contributed by atoms with E-state index < -0.39 is 0 Å². The Balaban J connectivity index is 0. The van der Waals surface area contributed by atoms with Crippen molar-refractivity contribution >= 4 is 0 Å². The normalized spacial score (nSPS) is 11.3. The van der Waals surface area contributed by atoms with Gasteiger partial charge in [-0.3, -0.25) is 0 Å². The predicted molar refractivity (Wildman–Crippen MR) is 79.4 cm³/mol. The predicted octanol–water partition coefficient (Wildman–Crippen LogP) is 2.01. The molecule has 0 N–H and O–H groups in total. The van der Waals surface area contributed by atoms with Crippen LogP contribution in [0.1, 0.15) is 79.1 Å². The Morgan fingerprint density at radius 2 is 0.722 bits per heavy atom. The second kappa shape index (κ2) is 15.0. The molecule has 0 amide bonds. The quantitative estimate of drug-likeness (QED) is 0.379. The molecule has 0 aliphatic rings. The fourth-order valence-electron chi connectivity index (χ4n) is 2.64. The molecule has 0 bridgehead atoms. The summed E-state index contributed by atoms with van der Waals surface area (Å²) in [5, 5.41) is 0. The molecule has 0 aliphatic carbocycles. The van der Waals surface area contributed by atoms with E-state index in [0.29, 0.717) is 0 Å². The first kappa shape index (κ1) is 21.9. The van der Waals surface area contributed by atoms with E-state index in [2.05, 4.69) is 27.7 Å². The van der Waals surface area contributed by atoms with Crippen molar-refractivity contribution in [2.24, 2.45) is 0 Å². The Kier molecular flexibility index (Phi) is 18.2. The SMILES string of the molecule is CCCC[N+](CCCC)(CCCC)CCCC.[K+]. The molecule has 0 aromatic carbocycles. The van der Waals surface area contributed by atoms with Crippen LogP contribution in [-0.2, 0) is 0 Å². The summed E-state index contributed by atoms with van der Waals surface area (Å²) in [6.07, 6.45) is 11.1. The molecule has 0 aromatic heterocycles. The maximum Gasteiger partial charge on any atom is 1.00 e. The van der Waals surface area contributed by atoms with Gasteiger partial charge in [-0.05, 0) is 25.7 Å². The van der Waals surface area contributed by atoms with Crippen molar-refractivity contribution in [3.8, 4) is 0 Å². The maximum absolute atomic E-state index is 2.33. The summed E-state index contributed by atoms with van der Waals surface area (Å²) >= 11 is 0. The molecule has 0 aromatic rings. The van der Waals surface area contributed by atoms with E-state index in [1.165, 1.54) is 82.0 Å². The Hall–Kier alpha value is 1.60. The number of unbranched alkanes of at least 4 members (excludes halogenated alkanes) is 4. The number of quaternary nitrogens is 1. The van der Waals surface area contributed by atoms with E-state index in [-0.39, 0.29) is 51.4 Å². The molecule has 1 nitrogen and oxygen atoms in total. The van der Waals surface area contributed by atoms with E-state index in [0.717, 1.165) is 0 Å². The first-order chi connectivity index (χ1) is 8.24. The van der Waals surface area contributed by atoms with Gasteiger partial charge in [0.05, 0.1) is 26.2 Å². The standard InChI is InChI=1S/C16H36N.K/c1-5-9-13-17(14-10-6-2,15-11-7-3)16-12-8-4;/h5-16H2,1-4H3;/q2*+1. The number of hydrogen-bond acceptors (Lipinski definition) is 0. The molecular weight excluding hydrogens is 245 g/mol. The maximum atomic E-state index is 2.33. The van der Waals surface area contributed by atoms with Crippen LogP contribution in [0.3, 0.4) is 0 Å². The van der Waals surface area contributed by atoms with E-state index in [4.69, 9.17) is 0 Å².